The van der Waals surface area contributed by atoms with Crippen molar-refractivity contribution in [1.82, 2.24) is 0 Å². The number of nitrogens with two attached hydrogens (primary N) is 1. The first-order valence-electron chi connectivity index (χ1n) is 10.9. The number of hydrogen-bond acceptors (Lipinski definition) is 8. The van der Waals surface area contributed by atoms with E-state index in [0.717, 1.165) is 0 Å². The summed E-state index contributed by atoms with van der Waals surface area (Å²) < 4.78 is 5.67. The van der Waals surface area contributed by atoms with E-state index in [-0.39, 0.29) is 13.0 Å². The normalized spacial score (nSPS) is 48.5. The zero-order valence-electron chi connectivity index (χ0n) is 18.6. The maximum Gasteiger partial charge on any atom is 0.323 e. The monoisotopic (exact) mass is 435 g/mol. The molecule has 0 aromatic rings. The average Bonchev–Trinajstić information content (AvgIpc) is 3.08. The van der Waals surface area contributed by atoms with Crippen molar-refractivity contribution in [1.29, 1.82) is 0 Å². The Morgan fingerprint density at radius 1 is 1.29 bits per heavy atom. The minimum atomic E-state index is -1.92. The van der Waals surface area contributed by atoms with Crippen LogP contribution >= 0.6 is 0 Å². The molecule has 0 aromatic carbocycles. The van der Waals surface area contributed by atoms with Crippen LogP contribution in [-0.4, -0.2) is 67.7 Å². The lowest BCUT2D eigenvalue weighted by Crippen LogP contribution is -2.66. The molecule has 2 saturated carbocycles. The Morgan fingerprint density at radius 3 is 2.45 bits per heavy atom. The molecule has 4 aliphatic rings. The van der Waals surface area contributed by atoms with Crippen LogP contribution in [0.2, 0.25) is 0 Å². The number of fused-ring (bicyclic) bond motifs is 5. The van der Waals surface area contributed by atoms with Crippen LogP contribution in [0.3, 0.4) is 0 Å². The third-order valence-corrected chi connectivity index (χ3v) is 8.62. The molecule has 0 radical (unpaired) electrons. The molecule has 172 valence electrons. The van der Waals surface area contributed by atoms with Crippen molar-refractivity contribution in [3.05, 3.63) is 23.3 Å². The van der Waals surface area contributed by atoms with Gasteiger partial charge in [0.25, 0.3) is 0 Å². The Morgan fingerprint density at radius 2 is 1.90 bits per heavy atom. The molecule has 6 N–H and O–H groups in total. The van der Waals surface area contributed by atoms with E-state index < -0.39 is 69.8 Å². The average molecular weight is 436 g/mol. The summed E-state index contributed by atoms with van der Waals surface area (Å²) in [4.78, 5) is 25.3. The smallest absolute Gasteiger partial charge is 0.323 e. The molecule has 0 amide bonds. The predicted octanol–water partition coefficient (Wildman–Crippen LogP) is -0.172. The fraction of sp³-hybridized carbons (Fsp3) is 0.739. The zero-order chi connectivity index (χ0) is 23.3. The van der Waals surface area contributed by atoms with Gasteiger partial charge in [0, 0.05) is 35.5 Å². The van der Waals surface area contributed by atoms with Crippen LogP contribution in [0.1, 0.15) is 41.0 Å². The molecule has 0 spiro atoms. The topological polar surface area (TPSA) is 150 Å². The van der Waals surface area contributed by atoms with E-state index in [1.807, 2.05) is 13.8 Å². The van der Waals surface area contributed by atoms with Crippen molar-refractivity contribution in [3.63, 3.8) is 0 Å². The van der Waals surface area contributed by atoms with Crippen molar-refractivity contribution in [2.45, 2.75) is 70.0 Å². The SMILES string of the molecule is CC1=C[C@H]2[C@@]3(O)[C@H](C)[C@@H](OC(=O)[C@H](C)N)[C@]4(O)[C@@H]([C@@H]3C=C(CO)C[C@@]2(O)C1=O)C4(C)C. The Hall–Kier alpha value is -1.58. The molecule has 9 atom stereocenters. The van der Waals surface area contributed by atoms with Gasteiger partial charge in [-0.1, -0.05) is 32.9 Å². The van der Waals surface area contributed by atoms with Crippen molar-refractivity contribution >= 4 is 11.8 Å². The number of ketones is 1. The number of hydrogen-bond donors (Lipinski definition) is 5. The number of aliphatic hydroxyl groups excluding tert-OH is 1. The minimum Gasteiger partial charge on any atom is -0.458 e. The molecule has 0 saturated heterocycles. The van der Waals surface area contributed by atoms with Crippen LogP contribution in [0.15, 0.2) is 23.3 Å². The second-order valence-electron chi connectivity index (χ2n) is 10.6. The van der Waals surface area contributed by atoms with Gasteiger partial charge in [-0.25, -0.2) is 0 Å². The first-order valence-corrected chi connectivity index (χ1v) is 10.9. The Bertz CT molecular complexity index is 908. The number of aliphatic hydroxyl groups is 4. The Kier molecular flexibility index (Phi) is 4.73. The number of ether oxygens (including phenoxy) is 1. The summed E-state index contributed by atoms with van der Waals surface area (Å²) in [5, 5.41) is 45.4. The number of esters is 1. The lowest BCUT2D eigenvalue weighted by Gasteiger charge is -2.52. The van der Waals surface area contributed by atoms with Gasteiger partial charge in [0.05, 0.1) is 12.2 Å². The van der Waals surface area contributed by atoms with Gasteiger partial charge >= 0.3 is 5.97 Å². The van der Waals surface area contributed by atoms with Crippen LogP contribution in [0, 0.1) is 29.1 Å². The number of rotatable bonds is 3. The predicted molar refractivity (Wildman–Crippen MR) is 110 cm³/mol. The summed E-state index contributed by atoms with van der Waals surface area (Å²) in [7, 11) is 0. The minimum absolute atomic E-state index is 0.109. The van der Waals surface area contributed by atoms with Gasteiger partial charge in [0.2, 0.25) is 0 Å². The lowest BCUT2D eigenvalue weighted by molar-refractivity contribution is -0.221. The molecule has 0 unspecified atom stereocenters. The number of carbonyl (C=O) groups excluding carboxylic acids is 2. The third kappa shape index (κ3) is 2.54. The number of Topliss-reactive ketones (excluding diaryl/α,β-unsaturated/α-hetero) is 1. The maximum absolute atomic E-state index is 12.9. The van der Waals surface area contributed by atoms with E-state index in [1.165, 1.54) is 6.92 Å². The van der Waals surface area contributed by atoms with Gasteiger partial charge in [-0.2, -0.15) is 0 Å². The molecule has 2 fully saturated rings. The highest BCUT2D eigenvalue weighted by Gasteiger charge is 2.85. The second kappa shape index (κ2) is 6.48. The van der Waals surface area contributed by atoms with Crippen molar-refractivity contribution in [2.24, 2.45) is 34.8 Å². The molecule has 31 heavy (non-hydrogen) atoms. The molecule has 0 bridgehead atoms. The highest BCUT2D eigenvalue weighted by atomic mass is 16.6. The molecule has 4 rings (SSSR count). The molecule has 0 aromatic heterocycles. The molecular formula is C23H33NO7. The molecule has 8 heteroatoms. The fourth-order valence-corrected chi connectivity index (χ4v) is 6.84. The van der Waals surface area contributed by atoms with Crippen molar-refractivity contribution in [2.75, 3.05) is 6.61 Å². The lowest BCUT2D eigenvalue weighted by atomic mass is 9.59. The van der Waals surface area contributed by atoms with Crippen LogP contribution in [0.25, 0.3) is 0 Å². The first-order chi connectivity index (χ1) is 14.2. The van der Waals surface area contributed by atoms with E-state index in [1.54, 1.807) is 26.0 Å². The van der Waals surface area contributed by atoms with Gasteiger partial charge < -0.3 is 30.9 Å². The van der Waals surface area contributed by atoms with E-state index in [2.05, 4.69) is 0 Å². The maximum atomic E-state index is 12.9. The summed E-state index contributed by atoms with van der Waals surface area (Å²) in [6.45, 7) is 8.04. The Labute approximate surface area is 181 Å². The highest BCUT2D eigenvalue weighted by molar-refractivity contribution is 6.04. The molecular weight excluding hydrogens is 402 g/mol. The van der Waals surface area contributed by atoms with Crippen LogP contribution in [-0.2, 0) is 14.3 Å². The largest absolute Gasteiger partial charge is 0.458 e. The van der Waals surface area contributed by atoms with E-state index >= 15 is 0 Å². The second-order valence-corrected chi connectivity index (χ2v) is 10.6. The zero-order valence-corrected chi connectivity index (χ0v) is 18.6. The standard InChI is InChI=1S/C23H33NO7/c1-10-6-15-21(28,17(10)26)8-13(9-25)7-14-16-20(4,5)23(16,30)18(11(2)22(14,15)29)31-19(27)12(3)24/h6-7,11-12,14-16,18,25,28-30H,8-9,24H2,1-5H3/t11-,12+,14+,15-,16+,18-,21+,22-,23-/m1/s1. The summed E-state index contributed by atoms with van der Waals surface area (Å²) in [6.07, 6.45) is 2.11. The summed E-state index contributed by atoms with van der Waals surface area (Å²) in [5.41, 5.74) is 0.702. The van der Waals surface area contributed by atoms with Gasteiger partial charge in [0.1, 0.15) is 23.3 Å². The third-order valence-electron chi connectivity index (χ3n) is 8.62. The molecule has 0 heterocycles. The highest BCUT2D eigenvalue weighted by Crippen LogP contribution is 2.75. The van der Waals surface area contributed by atoms with E-state index in [0.29, 0.717) is 11.1 Å². The van der Waals surface area contributed by atoms with Crippen molar-refractivity contribution in [3.8, 4) is 0 Å². The quantitative estimate of drug-likeness (QED) is 0.303. The van der Waals surface area contributed by atoms with Crippen LogP contribution < -0.4 is 5.73 Å². The summed E-state index contributed by atoms with van der Waals surface area (Å²) >= 11 is 0. The Balaban J connectivity index is 1.91. The van der Waals surface area contributed by atoms with Gasteiger partial charge in [0.15, 0.2) is 5.78 Å². The fourth-order valence-electron chi connectivity index (χ4n) is 6.84. The molecule has 4 aliphatic carbocycles. The first kappa shape index (κ1) is 22.6. The molecule has 8 nitrogen and oxygen atoms in total. The van der Waals surface area contributed by atoms with Gasteiger partial charge in [-0.05, 0) is 25.0 Å². The van der Waals surface area contributed by atoms with E-state index in [4.69, 9.17) is 10.5 Å². The molecule has 0 aliphatic heterocycles. The van der Waals surface area contributed by atoms with E-state index in [9.17, 15) is 30.0 Å². The summed E-state index contributed by atoms with van der Waals surface area (Å²) in [5.74, 6) is -4.17. The van der Waals surface area contributed by atoms with Crippen molar-refractivity contribution < 1.29 is 34.8 Å². The van der Waals surface area contributed by atoms with Gasteiger partial charge in [-0.3, -0.25) is 9.59 Å². The number of carbonyl (C=O) groups is 2. The van der Waals surface area contributed by atoms with Gasteiger partial charge in [-0.15, -0.1) is 0 Å². The summed E-state index contributed by atoms with van der Waals surface area (Å²) in [6, 6.07) is -0.911. The van der Waals surface area contributed by atoms with Crippen LogP contribution in [0.5, 0.6) is 0 Å². The van der Waals surface area contributed by atoms with Crippen LogP contribution in [0.4, 0.5) is 0 Å².